The van der Waals surface area contributed by atoms with Crippen molar-refractivity contribution in [3.63, 3.8) is 0 Å². The lowest BCUT2D eigenvalue weighted by molar-refractivity contribution is 0.663. The van der Waals surface area contributed by atoms with Crippen molar-refractivity contribution in [2.45, 2.75) is 0 Å². The molecule has 144 valence electrons. The molecule has 8 rings (SSSR count). The van der Waals surface area contributed by atoms with Crippen LogP contribution in [0.5, 0.6) is 0 Å². The van der Waals surface area contributed by atoms with E-state index in [4.69, 9.17) is 8.83 Å². The van der Waals surface area contributed by atoms with Gasteiger partial charge in [0.25, 0.3) is 0 Å². The van der Waals surface area contributed by atoms with Crippen molar-refractivity contribution in [3.05, 3.63) is 79.4 Å². The molecule has 0 amide bonds. The molecule has 5 aromatic heterocycles. The van der Waals surface area contributed by atoms with Crippen molar-refractivity contribution in [1.82, 2.24) is 14.4 Å². The fourth-order valence-corrected chi connectivity index (χ4v) is 5.00. The molecule has 0 saturated heterocycles. The van der Waals surface area contributed by atoms with Gasteiger partial charge in [-0.3, -0.25) is 9.38 Å². The Hall–Kier alpha value is -4.38. The van der Waals surface area contributed by atoms with Gasteiger partial charge in [-0.25, -0.2) is 4.98 Å². The van der Waals surface area contributed by atoms with Gasteiger partial charge in [-0.15, -0.1) is 0 Å². The summed E-state index contributed by atoms with van der Waals surface area (Å²) in [6, 6.07) is 18.6. The number of fused-ring (bicyclic) bond motifs is 13. The molecule has 0 fully saturated rings. The first-order valence-electron chi connectivity index (χ1n) is 10.2. The van der Waals surface area contributed by atoms with Crippen LogP contribution < -0.4 is 0 Å². The van der Waals surface area contributed by atoms with Gasteiger partial charge >= 0.3 is 0 Å². The maximum atomic E-state index is 6.31. The smallest absolute Gasteiger partial charge is 0.147 e. The maximum Gasteiger partial charge on any atom is 0.147 e. The zero-order valence-electron chi connectivity index (χ0n) is 16.2. The molecule has 0 bridgehead atoms. The lowest BCUT2D eigenvalue weighted by Gasteiger charge is -2.07. The van der Waals surface area contributed by atoms with E-state index >= 15 is 0 Å². The van der Waals surface area contributed by atoms with Crippen molar-refractivity contribution in [2.24, 2.45) is 0 Å². The SMILES string of the molecule is c1ccc2c(c1)oc1c2ccc2oc3cc4c5ccncc5c5nccn5c4cc3c21. The number of aromatic nitrogens is 3. The Morgan fingerprint density at radius 2 is 1.65 bits per heavy atom. The summed E-state index contributed by atoms with van der Waals surface area (Å²) in [7, 11) is 0. The first-order chi connectivity index (χ1) is 15.4. The highest BCUT2D eigenvalue weighted by Gasteiger charge is 2.18. The Morgan fingerprint density at radius 1 is 0.677 bits per heavy atom. The number of para-hydroxylation sites is 1. The van der Waals surface area contributed by atoms with Crippen molar-refractivity contribution in [3.8, 4) is 0 Å². The van der Waals surface area contributed by atoms with Crippen LogP contribution in [0, 0.1) is 0 Å². The number of benzene rings is 3. The summed E-state index contributed by atoms with van der Waals surface area (Å²) in [6.07, 6.45) is 7.52. The van der Waals surface area contributed by atoms with Gasteiger partial charge in [-0.2, -0.15) is 0 Å². The van der Waals surface area contributed by atoms with Crippen LogP contribution in [-0.2, 0) is 0 Å². The topological polar surface area (TPSA) is 56.5 Å². The number of hydrogen-bond acceptors (Lipinski definition) is 4. The molecular formula is C26H13N3O2. The van der Waals surface area contributed by atoms with Crippen LogP contribution >= 0.6 is 0 Å². The summed E-state index contributed by atoms with van der Waals surface area (Å²) >= 11 is 0. The quantitative estimate of drug-likeness (QED) is 0.262. The average molecular weight is 399 g/mol. The molecule has 0 saturated carbocycles. The Bertz CT molecular complexity index is 2010. The molecule has 0 spiro atoms. The first kappa shape index (κ1) is 15.5. The lowest BCUT2D eigenvalue weighted by atomic mass is 10.0. The molecule has 0 unspecified atom stereocenters. The second-order valence-corrected chi connectivity index (χ2v) is 7.92. The van der Waals surface area contributed by atoms with Crippen LogP contribution in [0.1, 0.15) is 0 Å². The standard InChI is InChI=1S/C26H13N3O2/c1-2-4-21-15(3-1)16-5-6-22-24(25(16)31-21)18-11-20-17(12-23(18)30-22)14-7-8-27-13-19(14)26-28-9-10-29(20)26/h1-13H. The molecule has 0 radical (unpaired) electrons. The third-order valence-electron chi connectivity index (χ3n) is 6.35. The van der Waals surface area contributed by atoms with E-state index in [0.29, 0.717) is 0 Å². The van der Waals surface area contributed by atoms with Crippen LogP contribution in [0.15, 0.2) is 88.2 Å². The predicted molar refractivity (Wildman–Crippen MR) is 123 cm³/mol. The number of hydrogen-bond donors (Lipinski definition) is 0. The average Bonchev–Trinajstić information content (AvgIpc) is 3.52. The Labute approximate surface area is 174 Å². The van der Waals surface area contributed by atoms with Crippen molar-refractivity contribution >= 4 is 71.2 Å². The van der Waals surface area contributed by atoms with Gasteiger partial charge in [0.1, 0.15) is 28.0 Å². The molecule has 0 aliphatic heterocycles. The van der Waals surface area contributed by atoms with E-state index in [9.17, 15) is 0 Å². The Kier molecular flexibility index (Phi) is 2.60. The van der Waals surface area contributed by atoms with Gasteiger partial charge < -0.3 is 8.83 Å². The minimum absolute atomic E-state index is 0.824. The van der Waals surface area contributed by atoms with Gasteiger partial charge in [0, 0.05) is 51.7 Å². The Balaban J connectivity index is 1.64. The van der Waals surface area contributed by atoms with Gasteiger partial charge in [0.15, 0.2) is 0 Å². The third-order valence-corrected chi connectivity index (χ3v) is 6.35. The van der Waals surface area contributed by atoms with Gasteiger partial charge in [0.05, 0.1) is 10.9 Å². The fraction of sp³-hybridized carbons (Fsp3) is 0. The third kappa shape index (κ3) is 1.82. The van der Waals surface area contributed by atoms with Gasteiger partial charge in [-0.1, -0.05) is 18.2 Å². The lowest BCUT2D eigenvalue weighted by Crippen LogP contribution is -1.91. The van der Waals surface area contributed by atoms with Crippen LogP contribution in [0.3, 0.4) is 0 Å². The zero-order valence-corrected chi connectivity index (χ0v) is 16.2. The summed E-state index contributed by atoms with van der Waals surface area (Å²) in [4.78, 5) is 8.90. The maximum absolute atomic E-state index is 6.31. The fourth-order valence-electron chi connectivity index (χ4n) is 5.00. The summed E-state index contributed by atoms with van der Waals surface area (Å²) in [5.41, 5.74) is 5.39. The summed E-state index contributed by atoms with van der Waals surface area (Å²) in [5.74, 6) is 0. The molecule has 0 aliphatic rings. The molecule has 31 heavy (non-hydrogen) atoms. The number of imidazole rings is 1. The highest BCUT2D eigenvalue weighted by Crippen LogP contribution is 2.41. The first-order valence-corrected chi connectivity index (χ1v) is 10.2. The van der Waals surface area contributed by atoms with E-state index in [0.717, 1.165) is 71.2 Å². The molecule has 0 atom stereocenters. The molecule has 0 aliphatic carbocycles. The monoisotopic (exact) mass is 399 g/mol. The highest BCUT2D eigenvalue weighted by molar-refractivity contribution is 6.24. The minimum Gasteiger partial charge on any atom is -0.456 e. The van der Waals surface area contributed by atoms with E-state index in [1.54, 1.807) is 0 Å². The van der Waals surface area contributed by atoms with Crippen LogP contribution in [0.25, 0.3) is 71.2 Å². The number of furan rings is 2. The molecular weight excluding hydrogens is 386 g/mol. The molecule has 5 nitrogen and oxygen atoms in total. The molecule has 0 N–H and O–H groups in total. The number of nitrogens with zero attached hydrogens (tertiary/aromatic N) is 3. The van der Waals surface area contributed by atoms with Gasteiger partial charge in [0.2, 0.25) is 0 Å². The van der Waals surface area contributed by atoms with Crippen LogP contribution in [-0.4, -0.2) is 14.4 Å². The minimum atomic E-state index is 0.824. The summed E-state index contributed by atoms with van der Waals surface area (Å²) in [6.45, 7) is 0. The molecule has 8 aromatic rings. The summed E-state index contributed by atoms with van der Waals surface area (Å²) < 4.78 is 14.7. The van der Waals surface area contributed by atoms with E-state index in [2.05, 4.69) is 38.6 Å². The van der Waals surface area contributed by atoms with E-state index in [-0.39, 0.29) is 0 Å². The predicted octanol–water partition coefficient (Wildman–Crippen LogP) is 6.83. The van der Waals surface area contributed by atoms with Crippen LogP contribution in [0.4, 0.5) is 0 Å². The molecule has 5 heterocycles. The summed E-state index contributed by atoms with van der Waals surface area (Å²) in [5, 5.41) is 7.50. The van der Waals surface area contributed by atoms with E-state index < -0.39 is 0 Å². The highest BCUT2D eigenvalue weighted by atomic mass is 16.3. The van der Waals surface area contributed by atoms with Crippen molar-refractivity contribution in [1.29, 1.82) is 0 Å². The number of rotatable bonds is 0. The van der Waals surface area contributed by atoms with Crippen LogP contribution in [0.2, 0.25) is 0 Å². The van der Waals surface area contributed by atoms with Gasteiger partial charge in [-0.05, 0) is 41.8 Å². The molecule has 3 aromatic carbocycles. The number of pyridine rings is 2. The normalized spacial score (nSPS) is 12.5. The Morgan fingerprint density at radius 3 is 2.65 bits per heavy atom. The second-order valence-electron chi connectivity index (χ2n) is 7.92. The van der Waals surface area contributed by atoms with E-state index in [1.165, 1.54) is 0 Å². The zero-order chi connectivity index (χ0) is 20.1. The van der Waals surface area contributed by atoms with E-state index in [1.807, 2.05) is 55.1 Å². The van der Waals surface area contributed by atoms with Crippen molar-refractivity contribution < 1.29 is 8.83 Å². The van der Waals surface area contributed by atoms with Crippen molar-refractivity contribution in [2.75, 3.05) is 0 Å². The largest absolute Gasteiger partial charge is 0.456 e. The molecule has 5 heteroatoms. The second kappa shape index (κ2) is 5.21.